The summed E-state index contributed by atoms with van der Waals surface area (Å²) in [6.07, 6.45) is 1.91. The molecule has 1 aromatic carbocycles. The molecule has 104 valence electrons. The van der Waals surface area contributed by atoms with Crippen molar-refractivity contribution < 1.29 is 8.42 Å². The van der Waals surface area contributed by atoms with Gasteiger partial charge >= 0.3 is 0 Å². The predicted octanol–water partition coefficient (Wildman–Crippen LogP) is 1.80. The first-order valence-electron chi connectivity index (χ1n) is 6.30. The second-order valence-electron chi connectivity index (χ2n) is 4.78. The highest BCUT2D eigenvalue weighted by Crippen LogP contribution is 2.32. The number of hydrogen-bond donors (Lipinski definition) is 1. The molecule has 19 heavy (non-hydrogen) atoms. The number of benzene rings is 1. The summed E-state index contributed by atoms with van der Waals surface area (Å²) >= 11 is 4.90. The monoisotopic (exact) mass is 298 g/mol. The molecule has 0 atom stereocenters. The Morgan fingerprint density at radius 2 is 2.11 bits per heavy atom. The minimum Gasteiger partial charge on any atom is -0.389 e. The maximum atomic E-state index is 12.6. The zero-order valence-electron chi connectivity index (χ0n) is 11.1. The number of thiocarbonyl (C=S) groups is 1. The average Bonchev–Trinajstić information content (AvgIpc) is 3.13. The van der Waals surface area contributed by atoms with Gasteiger partial charge in [-0.2, -0.15) is 4.31 Å². The van der Waals surface area contributed by atoms with Crippen LogP contribution in [0.15, 0.2) is 23.1 Å². The molecule has 0 radical (unpaired) electrons. The molecule has 0 aliphatic heterocycles. The van der Waals surface area contributed by atoms with Crippen LogP contribution in [0.25, 0.3) is 0 Å². The van der Waals surface area contributed by atoms with Crippen molar-refractivity contribution in [1.29, 1.82) is 0 Å². The van der Waals surface area contributed by atoms with Crippen LogP contribution in [0, 0.1) is 6.92 Å². The number of nitrogens with zero attached hydrogens (tertiary/aromatic N) is 1. The largest absolute Gasteiger partial charge is 0.389 e. The van der Waals surface area contributed by atoms with Crippen molar-refractivity contribution in [1.82, 2.24) is 4.31 Å². The van der Waals surface area contributed by atoms with Crippen LogP contribution in [-0.2, 0) is 10.0 Å². The number of rotatable bonds is 5. The minimum absolute atomic E-state index is 0.171. The fraction of sp³-hybridized carbons (Fsp3) is 0.462. The maximum absolute atomic E-state index is 12.6. The summed E-state index contributed by atoms with van der Waals surface area (Å²) in [6, 6.07) is 5.17. The highest BCUT2D eigenvalue weighted by Gasteiger charge is 2.37. The van der Waals surface area contributed by atoms with Crippen molar-refractivity contribution in [2.24, 2.45) is 5.73 Å². The topological polar surface area (TPSA) is 63.4 Å². The van der Waals surface area contributed by atoms with Crippen LogP contribution in [0.1, 0.15) is 30.9 Å². The highest BCUT2D eigenvalue weighted by molar-refractivity contribution is 7.89. The first-order valence-corrected chi connectivity index (χ1v) is 8.15. The fourth-order valence-electron chi connectivity index (χ4n) is 2.21. The van der Waals surface area contributed by atoms with E-state index in [1.807, 2.05) is 6.92 Å². The molecule has 0 unspecified atom stereocenters. The number of sulfonamides is 1. The summed E-state index contributed by atoms with van der Waals surface area (Å²) in [7, 11) is -3.41. The Labute approximate surface area is 119 Å². The van der Waals surface area contributed by atoms with Crippen molar-refractivity contribution in [3.8, 4) is 0 Å². The molecule has 0 amide bonds. The zero-order chi connectivity index (χ0) is 14.2. The van der Waals surface area contributed by atoms with Crippen molar-refractivity contribution in [3.05, 3.63) is 29.3 Å². The lowest BCUT2D eigenvalue weighted by Crippen LogP contribution is -2.33. The fourth-order valence-corrected chi connectivity index (χ4v) is 4.23. The summed E-state index contributed by atoms with van der Waals surface area (Å²) in [5, 5.41) is 0. The third kappa shape index (κ3) is 2.80. The Hall–Kier alpha value is -0.980. The zero-order valence-corrected chi connectivity index (χ0v) is 12.7. The molecule has 1 fully saturated rings. The third-order valence-electron chi connectivity index (χ3n) is 3.31. The average molecular weight is 298 g/mol. The van der Waals surface area contributed by atoms with Gasteiger partial charge in [-0.3, -0.25) is 0 Å². The van der Waals surface area contributed by atoms with Crippen molar-refractivity contribution in [2.45, 2.75) is 37.6 Å². The SMILES string of the molecule is CCN(C1CC1)S(=O)(=O)c1ccc(C(N)=S)cc1C. The van der Waals surface area contributed by atoms with Crippen molar-refractivity contribution >= 4 is 27.2 Å². The van der Waals surface area contributed by atoms with Crippen LogP contribution in [0.2, 0.25) is 0 Å². The number of aryl methyl sites for hydroxylation is 1. The summed E-state index contributed by atoms with van der Waals surface area (Å²) in [4.78, 5) is 0.628. The summed E-state index contributed by atoms with van der Waals surface area (Å²) in [6.45, 7) is 4.15. The first-order chi connectivity index (χ1) is 8.87. The van der Waals surface area contributed by atoms with E-state index in [0.717, 1.165) is 12.8 Å². The second-order valence-corrected chi connectivity index (χ2v) is 7.08. The van der Waals surface area contributed by atoms with E-state index in [2.05, 4.69) is 0 Å². The van der Waals surface area contributed by atoms with Gasteiger partial charge in [0.25, 0.3) is 0 Å². The van der Waals surface area contributed by atoms with Crippen LogP contribution in [0.5, 0.6) is 0 Å². The van der Waals surface area contributed by atoms with Gasteiger partial charge in [-0.05, 0) is 37.5 Å². The molecule has 1 saturated carbocycles. The first kappa shape index (κ1) is 14.4. The Bertz CT molecular complexity index is 607. The van der Waals surface area contributed by atoms with E-state index in [0.29, 0.717) is 22.6 Å². The van der Waals surface area contributed by atoms with Gasteiger partial charge in [0.05, 0.1) is 4.90 Å². The van der Waals surface area contributed by atoms with E-state index in [1.54, 1.807) is 29.4 Å². The summed E-state index contributed by atoms with van der Waals surface area (Å²) in [5.41, 5.74) is 6.94. The Kier molecular flexibility index (Phi) is 3.94. The van der Waals surface area contributed by atoms with E-state index in [4.69, 9.17) is 18.0 Å². The summed E-state index contributed by atoms with van der Waals surface area (Å²) in [5.74, 6) is 0. The van der Waals surface area contributed by atoms with Crippen LogP contribution in [0.4, 0.5) is 0 Å². The van der Waals surface area contributed by atoms with Gasteiger partial charge in [-0.1, -0.05) is 25.2 Å². The van der Waals surface area contributed by atoms with Gasteiger partial charge in [-0.25, -0.2) is 8.42 Å². The molecule has 0 spiro atoms. The van der Waals surface area contributed by atoms with E-state index in [-0.39, 0.29) is 11.0 Å². The number of hydrogen-bond acceptors (Lipinski definition) is 3. The van der Waals surface area contributed by atoms with Crippen molar-refractivity contribution in [3.63, 3.8) is 0 Å². The Morgan fingerprint density at radius 1 is 1.47 bits per heavy atom. The molecule has 4 nitrogen and oxygen atoms in total. The van der Waals surface area contributed by atoms with Gasteiger partial charge in [-0.15, -0.1) is 0 Å². The molecule has 2 N–H and O–H groups in total. The molecule has 0 saturated heterocycles. The van der Waals surface area contributed by atoms with Crippen molar-refractivity contribution in [2.75, 3.05) is 6.54 Å². The predicted molar refractivity (Wildman–Crippen MR) is 79.7 cm³/mol. The van der Waals surface area contributed by atoms with Crippen LogP contribution >= 0.6 is 12.2 Å². The van der Waals surface area contributed by atoms with Gasteiger partial charge in [0.15, 0.2) is 0 Å². The van der Waals surface area contributed by atoms with Gasteiger partial charge in [0.2, 0.25) is 10.0 Å². The van der Waals surface area contributed by atoms with E-state index >= 15 is 0 Å². The lowest BCUT2D eigenvalue weighted by Gasteiger charge is -2.21. The number of nitrogens with two attached hydrogens (primary N) is 1. The van der Waals surface area contributed by atoms with Crippen LogP contribution < -0.4 is 5.73 Å². The lowest BCUT2D eigenvalue weighted by molar-refractivity contribution is 0.420. The molecular weight excluding hydrogens is 280 g/mol. The van der Waals surface area contributed by atoms with Crippen LogP contribution in [0.3, 0.4) is 0 Å². The quantitative estimate of drug-likeness (QED) is 0.842. The standard InChI is InChI=1S/C13H18N2O2S2/c1-3-15(11-5-6-11)19(16,17)12-7-4-10(13(14)18)8-9(12)2/h4,7-8,11H,3,5-6H2,1-2H3,(H2,14,18). The van der Waals surface area contributed by atoms with Gasteiger partial charge < -0.3 is 5.73 Å². The molecule has 6 heteroatoms. The van der Waals surface area contributed by atoms with Gasteiger partial charge in [0, 0.05) is 18.2 Å². The molecule has 1 aromatic rings. The van der Waals surface area contributed by atoms with E-state index < -0.39 is 10.0 Å². The Balaban J connectivity index is 2.43. The van der Waals surface area contributed by atoms with E-state index in [9.17, 15) is 8.42 Å². The third-order valence-corrected chi connectivity index (χ3v) is 5.74. The molecule has 1 aliphatic rings. The van der Waals surface area contributed by atoms with Gasteiger partial charge in [0.1, 0.15) is 4.99 Å². The normalized spacial score (nSPS) is 15.7. The van der Waals surface area contributed by atoms with Crippen LogP contribution in [-0.4, -0.2) is 30.3 Å². The maximum Gasteiger partial charge on any atom is 0.243 e. The molecule has 1 aliphatic carbocycles. The second kappa shape index (κ2) is 5.19. The molecule has 0 aromatic heterocycles. The molecule has 2 rings (SSSR count). The van der Waals surface area contributed by atoms with E-state index in [1.165, 1.54) is 0 Å². The summed E-state index contributed by atoms with van der Waals surface area (Å²) < 4.78 is 26.8. The lowest BCUT2D eigenvalue weighted by atomic mass is 10.1. The molecule has 0 heterocycles. The smallest absolute Gasteiger partial charge is 0.243 e. The molecule has 0 bridgehead atoms. The molecular formula is C13H18N2O2S2. The Morgan fingerprint density at radius 3 is 2.53 bits per heavy atom. The minimum atomic E-state index is -3.41. The highest BCUT2D eigenvalue weighted by atomic mass is 32.2.